The third-order valence-corrected chi connectivity index (χ3v) is 1.26. The maximum atomic E-state index is 9.87. The number of hydrogen-bond acceptors (Lipinski definition) is 3. The van der Waals surface area contributed by atoms with E-state index in [-0.39, 0.29) is 0 Å². The molecule has 0 aromatic carbocycles. The van der Waals surface area contributed by atoms with Crippen molar-refractivity contribution >= 4 is 0 Å². The Hall–Kier alpha value is -0.900. The van der Waals surface area contributed by atoms with Gasteiger partial charge in [0.25, 0.3) is 0 Å². The molecule has 0 spiro atoms. The lowest BCUT2D eigenvalue weighted by Crippen LogP contribution is -2.20. The summed E-state index contributed by atoms with van der Waals surface area (Å²) in [7, 11) is 0. The van der Waals surface area contributed by atoms with Crippen LogP contribution in [0.3, 0.4) is 0 Å². The second-order valence-electron chi connectivity index (χ2n) is 2.66. The van der Waals surface area contributed by atoms with Crippen molar-refractivity contribution in [2.45, 2.75) is 26.4 Å². The molecule has 0 radical (unpaired) electrons. The summed E-state index contributed by atoms with van der Waals surface area (Å²) in [6, 6.07) is 0. The van der Waals surface area contributed by atoms with Gasteiger partial charge in [0, 0.05) is 5.57 Å². The molecule has 0 rings (SSSR count). The summed E-state index contributed by atoms with van der Waals surface area (Å²) in [5.41, 5.74) is -0.745. The van der Waals surface area contributed by atoms with Crippen LogP contribution in [0, 0.1) is 10.1 Å². The number of nitrogens with zero attached hydrogens (tertiary/aromatic N) is 1. The van der Waals surface area contributed by atoms with Crippen LogP contribution in [0.2, 0.25) is 0 Å². The van der Waals surface area contributed by atoms with Gasteiger partial charge < -0.3 is 5.11 Å². The first-order valence-corrected chi connectivity index (χ1v) is 2.89. The van der Waals surface area contributed by atoms with Crippen molar-refractivity contribution < 1.29 is 10.0 Å². The van der Waals surface area contributed by atoms with Crippen molar-refractivity contribution in [1.82, 2.24) is 0 Å². The van der Waals surface area contributed by atoms with Crippen LogP contribution >= 0.6 is 0 Å². The Bertz CT molecular complexity index is 166. The van der Waals surface area contributed by atoms with E-state index in [9.17, 15) is 10.1 Å². The molecule has 0 heterocycles. The van der Waals surface area contributed by atoms with E-state index in [1.807, 2.05) is 0 Å². The van der Waals surface area contributed by atoms with Crippen molar-refractivity contribution in [2.24, 2.45) is 0 Å². The molecule has 4 heteroatoms. The van der Waals surface area contributed by atoms with Crippen LogP contribution in [0.15, 0.2) is 11.8 Å². The zero-order chi connectivity index (χ0) is 8.36. The zero-order valence-electron chi connectivity index (χ0n) is 6.29. The van der Waals surface area contributed by atoms with Crippen molar-refractivity contribution in [1.29, 1.82) is 0 Å². The third-order valence-electron chi connectivity index (χ3n) is 1.26. The first kappa shape index (κ1) is 9.10. The minimum Gasteiger partial charge on any atom is -0.386 e. The molecule has 0 unspecified atom stereocenters. The van der Waals surface area contributed by atoms with E-state index >= 15 is 0 Å². The predicted molar refractivity (Wildman–Crippen MR) is 37.0 cm³/mol. The average molecular weight is 145 g/mol. The quantitative estimate of drug-likeness (QED) is 0.464. The van der Waals surface area contributed by atoms with Crippen LogP contribution < -0.4 is 0 Å². The Morgan fingerprint density at radius 2 is 2.10 bits per heavy atom. The van der Waals surface area contributed by atoms with Crippen molar-refractivity contribution in [3.8, 4) is 0 Å². The van der Waals surface area contributed by atoms with Crippen LogP contribution in [-0.4, -0.2) is 15.6 Å². The van der Waals surface area contributed by atoms with Crippen LogP contribution in [0.1, 0.15) is 20.8 Å². The fourth-order valence-electron chi connectivity index (χ4n) is 0.316. The number of hydrogen-bond donors (Lipinski definition) is 1. The van der Waals surface area contributed by atoms with Crippen LogP contribution in [0.5, 0.6) is 0 Å². The lowest BCUT2D eigenvalue weighted by Gasteiger charge is -2.14. The normalized spacial score (nSPS) is 13.4. The Morgan fingerprint density at radius 3 is 2.20 bits per heavy atom. The van der Waals surface area contributed by atoms with Gasteiger partial charge in [0.1, 0.15) is 0 Å². The van der Waals surface area contributed by atoms with Gasteiger partial charge in [0.15, 0.2) is 0 Å². The minimum atomic E-state index is -1.09. The zero-order valence-corrected chi connectivity index (χ0v) is 6.29. The molecule has 0 bridgehead atoms. The first-order valence-electron chi connectivity index (χ1n) is 2.89. The Kier molecular flexibility index (Phi) is 2.54. The van der Waals surface area contributed by atoms with Gasteiger partial charge in [0.05, 0.1) is 10.5 Å². The van der Waals surface area contributed by atoms with Crippen molar-refractivity contribution in [3.63, 3.8) is 0 Å². The standard InChI is InChI=1S/C6H11NO3/c1-5(4-7(9)10)6(2,3)8/h4,8H,1-3H3/b5-4+. The molecule has 0 saturated carbocycles. The molecular formula is C6H11NO3. The largest absolute Gasteiger partial charge is 0.386 e. The van der Waals surface area contributed by atoms with E-state index in [1.165, 1.54) is 20.8 Å². The molecule has 58 valence electrons. The Balaban J connectivity index is 4.35. The molecule has 0 aliphatic rings. The second-order valence-corrected chi connectivity index (χ2v) is 2.66. The maximum Gasteiger partial charge on any atom is 0.236 e. The van der Waals surface area contributed by atoms with E-state index < -0.39 is 10.5 Å². The minimum absolute atomic E-state index is 0.345. The summed E-state index contributed by atoms with van der Waals surface area (Å²) < 4.78 is 0. The van der Waals surface area contributed by atoms with E-state index in [0.29, 0.717) is 5.57 Å². The van der Waals surface area contributed by atoms with E-state index in [2.05, 4.69) is 0 Å². The average Bonchev–Trinajstić information content (AvgIpc) is 1.60. The molecule has 0 aliphatic heterocycles. The fourth-order valence-corrected chi connectivity index (χ4v) is 0.316. The molecule has 0 aliphatic carbocycles. The van der Waals surface area contributed by atoms with Gasteiger partial charge in [-0.2, -0.15) is 0 Å². The summed E-state index contributed by atoms with van der Waals surface area (Å²) >= 11 is 0. The van der Waals surface area contributed by atoms with E-state index in [1.54, 1.807) is 0 Å². The monoisotopic (exact) mass is 145 g/mol. The fraction of sp³-hybridized carbons (Fsp3) is 0.667. The Morgan fingerprint density at radius 1 is 1.70 bits per heavy atom. The van der Waals surface area contributed by atoms with Crippen molar-refractivity contribution in [3.05, 3.63) is 21.9 Å². The summed E-state index contributed by atoms with van der Waals surface area (Å²) in [5, 5.41) is 19.0. The summed E-state index contributed by atoms with van der Waals surface area (Å²) in [6.45, 7) is 4.52. The van der Waals surface area contributed by atoms with Crippen molar-refractivity contribution in [2.75, 3.05) is 0 Å². The molecule has 0 fully saturated rings. The SMILES string of the molecule is C/C(=C\[N+](=O)[O-])C(C)(C)O. The van der Waals surface area contributed by atoms with Gasteiger partial charge in [-0.3, -0.25) is 10.1 Å². The first-order chi connectivity index (χ1) is 4.34. The number of rotatable bonds is 2. The van der Waals surface area contributed by atoms with Gasteiger partial charge in [0.2, 0.25) is 6.20 Å². The van der Waals surface area contributed by atoms with E-state index in [4.69, 9.17) is 5.11 Å². The maximum absolute atomic E-state index is 9.87. The van der Waals surface area contributed by atoms with Gasteiger partial charge in [-0.05, 0) is 20.8 Å². The highest BCUT2D eigenvalue weighted by Gasteiger charge is 2.17. The molecule has 0 atom stereocenters. The van der Waals surface area contributed by atoms with Crippen LogP contribution in [0.4, 0.5) is 0 Å². The van der Waals surface area contributed by atoms with Crippen LogP contribution in [0.25, 0.3) is 0 Å². The third kappa shape index (κ3) is 3.19. The Labute approximate surface area is 59.3 Å². The molecular weight excluding hydrogens is 134 g/mol. The molecule has 0 saturated heterocycles. The molecule has 10 heavy (non-hydrogen) atoms. The van der Waals surface area contributed by atoms with Gasteiger partial charge in [-0.25, -0.2) is 0 Å². The predicted octanol–water partition coefficient (Wildman–Crippen LogP) is 0.938. The molecule has 4 nitrogen and oxygen atoms in total. The molecule has 0 aromatic rings. The topological polar surface area (TPSA) is 63.4 Å². The van der Waals surface area contributed by atoms with Gasteiger partial charge in [-0.1, -0.05) is 0 Å². The lowest BCUT2D eigenvalue weighted by molar-refractivity contribution is -0.404. The molecule has 1 N–H and O–H groups in total. The summed E-state index contributed by atoms with van der Waals surface area (Å²) in [4.78, 5) is 9.30. The molecule has 0 amide bonds. The highest BCUT2D eigenvalue weighted by Crippen LogP contribution is 2.13. The second kappa shape index (κ2) is 2.79. The van der Waals surface area contributed by atoms with Gasteiger partial charge in [-0.15, -0.1) is 0 Å². The van der Waals surface area contributed by atoms with Crippen LogP contribution in [-0.2, 0) is 0 Å². The van der Waals surface area contributed by atoms with Gasteiger partial charge >= 0.3 is 0 Å². The summed E-state index contributed by atoms with van der Waals surface area (Å²) in [5.74, 6) is 0. The number of nitro groups is 1. The lowest BCUT2D eigenvalue weighted by atomic mass is 10.0. The highest BCUT2D eigenvalue weighted by molar-refractivity contribution is 5.06. The summed E-state index contributed by atoms with van der Waals surface area (Å²) in [6.07, 6.45) is 0.806. The highest BCUT2D eigenvalue weighted by atomic mass is 16.6. The number of aliphatic hydroxyl groups is 1. The smallest absolute Gasteiger partial charge is 0.236 e. The molecule has 0 aromatic heterocycles. The van der Waals surface area contributed by atoms with E-state index in [0.717, 1.165) is 6.20 Å².